The molecule has 0 bridgehead atoms. The first-order valence-electron chi connectivity index (χ1n) is 10.5. The predicted molar refractivity (Wildman–Crippen MR) is 142 cm³/mol. The number of aliphatic imine (C=N–C) groups is 1. The molecule has 0 saturated carbocycles. The number of hydrogen-bond donors (Lipinski definition) is 3. The van der Waals surface area contributed by atoms with E-state index >= 15 is 0 Å². The van der Waals surface area contributed by atoms with Gasteiger partial charge in [0, 0.05) is 36.3 Å². The Bertz CT molecular complexity index is 884. The zero-order valence-corrected chi connectivity index (χ0v) is 21.1. The summed E-state index contributed by atoms with van der Waals surface area (Å²) in [5, 5.41) is 18.2. The van der Waals surface area contributed by atoms with Crippen LogP contribution in [0.25, 0.3) is 10.1 Å². The first-order chi connectivity index (χ1) is 14.8. The van der Waals surface area contributed by atoms with Gasteiger partial charge in [-0.2, -0.15) is 0 Å². The average Bonchev–Trinajstić information content (AvgIpc) is 3.22. The molecule has 0 saturated heterocycles. The van der Waals surface area contributed by atoms with E-state index in [4.69, 9.17) is 4.74 Å². The van der Waals surface area contributed by atoms with Gasteiger partial charge < -0.3 is 20.5 Å². The number of fused-ring (bicyclic) bond motifs is 1. The zero-order chi connectivity index (χ0) is 21.0. The van der Waals surface area contributed by atoms with E-state index in [1.54, 1.807) is 18.4 Å². The summed E-state index contributed by atoms with van der Waals surface area (Å²) in [5.41, 5.74) is 1.31. The Kier molecular flexibility index (Phi) is 11.9. The molecule has 2 aromatic carbocycles. The minimum Gasteiger partial charge on any atom is -0.386 e. The van der Waals surface area contributed by atoms with Crippen molar-refractivity contribution in [3.05, 3.63) is 71.1 Å². The van der Waals surface area contributed by atoms with Crippen LogP contribution in [0.2, 0.25) is 0 Å². The Morgan fingerprint density at radius 1 is 1.03 bits per heavy atom. The molecule has 0 amide bonds. The number of benzene rings is 2. The maximum atomic E-state index is 10.5. The van der Waals surface area contributed by atoms with Crippen LogP contribution >= 0.6 is 35.3 Å². The van der Waals surface area contributed by atoms with Crippen molar-refractivity contribution >= 4 is 51.4 Å². The van der Waals surface area contributed by atoms with Gasteiger partial charge in [-0.3, -0.25) is 4.99 Å². The second kappa shape index (κ2) is 14.4. The van der Waals surface area contributed by atoms with Crippen molar-refractivity contribution in [2.45, 2.75) is 25.4 Å². The number of nitrogens with zero attached hydrogens (tertiary/aromatic N) is 1. The molecule has 31 heavy (non-hydrogen) atoms. The number of hydrogen-bond acceptors (Lipinski definition) is 4. The Balaban J connectivity index is 0.00000341. The van der Waals surface area contributed by atoms with Gasteiger partial charge in [0.2, 0.25) is 0 Å². The lowest BCUT2D eigenvalue weighted by atomic mass is 10.2. The fourth-order valence-corrected chi connectivity index (χ4v) is 4.20. The molecule has 0 radical (unpaired) electrons. The third-order valence-corrected chi connectivity index (χ3v) is 6.06. The lowest BCUT2D eigenvalue weighted by Gasteiger charge is -2.14. The minimum absolute atomic E-state index is 0. The third-order valence-electron chi connectivity index (χ3n) is 4.85. The molecule has 0 aliphatic heterocycles. The minimum atomic E-state index is -0.557. The number of aliphatic hydroxyl groups is 1. The van der Waals surface area contributed by atoms with E-state index in [-0.39, 0.29) is 24.0 Å². The van der Waals surface area contributed by atoms with Gasteiger partial charge >= 0.3 is 0 Å². The standard InChI is InChI=1S/C24H31N3O2S.HI/c1-25-24(26-14-7-8-15-29-16-13-19-9-3-2-4-10-19)27-18-21(28)23-17-20-11-5-6-12-22(20)30-23;/h2-6,9-12,17,21,28H,7-8,13-16,18H2,1H3,(H2,25,26,27);1H. The molecule has 5 nitrogen and oxygen atoms in total. The van der Waals surface area contributed by atoms with E-state index in [0.717, 1.165) is 43.9 Å². The summed E-state index contributed by atoms with van der Waals surface area (Å²) in [4.78, 5) is 5.20. The van der Waals surface area contributed by atoms with Gasteiger partial charge in [-0.05, 0) is 42.3 Å². The molecule has 3 rings (SSSR count). The van der Waals surface area contributed by atoms with Crippen LogP contribution in [0.3, 0.4) is 0 Å². The van der Waals surface area contributed by atoms with Gasteiger partial charge in [0.05, 0.1) is 6.61 Å². The molecule has 1 unspecified atom stereocenters. The van der Waals surface area contributed by atoms with Crippen LogP contribution in [-0.2, 0) is 11.2 Å². The number of thiophene rings is 1. The molecule has 7 heteroatoms. The summed E-state index contributed by atoms with van der Waals surface area (Å²) < 4.78 is 6.91. The molecule has 3 aromatic rings. The topological polar surface area (TPSA) is 65.9 Å². The van der Waals surface area contributed by atoms with Crippen LogP contribution in [0.4, 0.5) is 0 Å². The van der Waals surface area contributed by atoms with E-state index in [2.05, 4.69) is 58.1 Å². The summed E-state index contributed by atoms with van der Waals surface area (Å²) >= 11 is 1.63. The molecule has 1 atom stereocenters. The molecule has 0 aliphatic rings. The van der Waals surface area contributed by atoms with Crippen molar-refractivity contribution in [1.29, 1.82) is 0 Å². The number of unbranched alkanes of at least 4 members (excludes halogenated alkanes) is 1. The molecule has 0 spiro atoms. The maximum Gasteiger partial charge on any atom is 0.191 e. The van der Waals surface area contributed by atoms with Crippen molar-refractivity contribution in [3.8, 4) is 0 Å². The van der Waals surface area contributed by atoms with Crippen molar-refractivity contribution in [1.82, 2.24) is 10.6 Å². The van der Waals surface area contributed by atoms with Gasteiger partial charge in [-0.15, -0.1) is 35.3 Å². The number of aliphatic hydroxyl groups excluding tert-OH is 1. The molecule has 0 aliphatic carbocycles. The fraction of sp³-hybridized carbons (Fsp3) is 0.375. The summed E-state index contributed by atoms with van der Waals surface area (Å²) in [6.07, 6.45) is 2.41. The summed E-state index contributed by atoms with van der Waals surface area (Å²) in [7, 11) is 1.74. The number of rotatable bonds is 11. The highest BCUT2D eigenvalue weighted by molar-refractivity contribution is 14.0. The quantitative estimate of drug-likeness (QED) is 0.139. The van der Waals surface area contributed by atoms with Crippen molar-refractivity contribution in [3.63, 3.8) is 0 Å². The lowest BCUT2D eigenvalue weighted by molar-refractivity contribution is 0.133. The van der Waals surface area contributed by atoms with Crippen LogP contribution in [0.5, 0.6) is 0 Å². The summed E-state index contributed by atoms with van der Waals surface area (Å²) in [6.45, 7) is 2.78. The van der Waals surface area contributed by atoms with Crippen LogP contribution in [0.15, 0.2) is 65.7 Å². The third kappa shape index (κ3) is 8.76. The highest BCUT2D eigenvalue weighted by Gasteiger charge is 2.12. The van der Waals surface area contributed by atoms with E-state index in [9.17, 15) is 5.11 Å². The van der Waals surface area contributed by atoms with Crippen molar-refractivity contribution in [2.24, 2.45) is 4.99 Å². The first-order valence-corrected chi connectivity index (χ1v) is 11.3. The normalized spacial score (nSPS) is 12.4. The Hall–Kier alpha value is -1.68. The van der Waals surface area contributed by atoms with E-state index in [0.29, 0.717) is 12.5 Å². The Labute approximate surface area is 206 Å². The summed E-state index contributed by atoms with van der Waals surface area (Å²) in [5.74, 6) is 0.708. The van der Waals surface area contributed by atoms with Crippen molar-refractivity contribution in [2.75, 3.05) is 33.4 Å². The monoisotopic (exact) mass is 553 g/mol. The average molecular weight is 554 g/mol. The van der Waals surface area contributed by atoms with E-state index < -0.39 is 6.10 Å². The number of ether oxygens (including phenoxy) is 1. The first kappa shape index (κ1) is 25.6. The Morgan fingerprint density at radius 3 is 2.58 bits per heavy atom. The van der Waals surface area contributed by atoms with Gasteiger partial charge in [0.25, 0.3) is 0 Å². The molecule has 1 heterocycles. The van der Waals surface area contributed by atoms with Crippen LogP contribution in [0.1, 0.15) is 29.4 Å². The van der Waals surface area contributed by atoms with Crippen LogP contribution in [0, 0.1) is 0 Å². The van der Waals surface area contributed by atoms with Gasteiger partial charge in [0.15, 0.2) is 5.96 Å². The van der Waals surface area contributed by atoms with Gasteiger partial charge in [-0.1, -0.05) is 48.5 Å². The Morgan fingerprint density at radius 2 is 1.81 bits per heavy atom. The fourth-order valence-electron chi connectivity index (χ4n) is 3.15. The second-order valence-corrected chi connectivity index (χ2v) is 8.25. The van der Waals surface area contributed by atoms with Crippen LogP contribution in [-0.4, -0.2) is 44.4 Å². The highest BCUT2D eigenvalue weighted by atomic mass is 127. The van der Waals surface area contributed by atoms with Crippen molar-refractivity contribution < 1.29 is 9.84 Å². The predicted octanol–water partition coefficient (Wildman–Crippen LogP) is 4.76. The van der Waals surface area contributed by atoms with Crippen LogP contribution < -0.4 is 10.6 Å². The number of halogens is 1. The largest absolute Gasteiger partial charge is 0.386 e. The van der Waals surface area contributed by atoms with E-state index in [1.165, 1.54) is 15.6 Å². The zero-order valence-electron chi connectivity index (χ0n) is 17.9. The molecule has 3 N–H and O–H groups in total. The molecule has 0 fully saturated rings. The lowest BCUT2D eigenvalue weighted by Crippen LogP contribution is -2.39. The maximum absolute atomic E-state index is 10.5. The second-order valence-electron chi connectivity index (χ2n) is 7.14. The molecule has 168 valence electrons. The molecular formula is C24H32IN3O2S. The van der Waals surface area contributed by atoms with E-state index in [1.807, 2.05) is 18.2 Å². The molecule has 1 aromatic heterocycles. The number of guanidine groups is 1. The van der Waals surface area contributed by atoms with Gasteiger partial charge in [-0.25, -0.2) is 0 Å². The highest BCUT2D eigenvalue weighted by Crippen LogP contribution is 2.29. The smallest absolute Gasteiger partial charge is 0.191 e. The summed E-state index contributed by atoms with van der Waals surface area (Å²) in [6, 6.07) is 20.7. The SMILES string of the molecule is CN=C(NCCCCOCCc1ccccc1)NCC(O)c1cc2ccccc2s1.I. The van der Waals surface area contributed by atoms with Gasteiger partial charge in [0.1, 0.15) is 6.10 Å². The number of nitrogens with one attached hydrogen (secondary N) is 2. The molecular weight excluding hydrogens is 521 g/mol.